The Morgan fingerprint density at radius 3 is 2.36 bits per heavy atom. The van der Waals surface area contributed by atoms with Crippen LogP contribution in [0, 0.1) is 0 Å². The van der Waals surface area contributed by atoms with Crippen molar-refractivity contribution >= 4 is 11.7 Å². The summed E-state index contributed by atoms with van der Waals surface area (Å²) in [6, 6.07) is 10.9. The molecule has 114 valence electrons. The van der Waals surface area contributed by atoms with Crippen molar-refractivity contribution in [3.63, 3.8) is 0 Å². The molecule has 1 aromatic heterocycles. The van der Waals surface area contributed by atoms with Gasteiger partial charge in [-0.15, -0.1) is 0 Å². The van der Waals surface area contributed by atoms with Gasteiger partial charge in [0.15, 0.2) is 5.78 Å². The highest BCUT2D eigenvalue weighted by molar-refractivity contribution is 5.96. The molecule has 2 aromatic rings. The Labute approximate surface area is 129 Å². The number of Topliss-reactive ketones (excluding diaryl/α,β-unsaturated/α-hetero) is 1. The number of anilines is 1. The number of aromatic nitrogens is 2. The Morgan fingerprint density at radius 1 is 1.09 bits per heavy atom. The number of hydrogen-bond donors (Lipinski definition) is 1. The molecule has 22 heavy (non-hydrogen) atoms. The molecule has 1 aliphatic rings. The highest BCUT2D eigenvalue weighted by Crippen LogP contribution is 2.28. The van der Waals surface area contributed by atoms with Gasteiger partial charge in [-0.05, 0) is 18.9 Å². The summed E-state index contributed by atoms with van der Waals surface area (Å²) in [6.07, 6.45) is 4.68. The van der Waals surface area contributed by atoms with Gasteiger partial charge in [-0.2, -0.15) is 0 Å². The zero-order valence-corrected chi connectivity index (χ0v) is 12.4. The van der Waals surface area contributed by atoms with Crippen molar-refractivity contribution < 1.29 is 9.90 Å². The van der Waals surface area contributed by atoms with Gasteiger partial charge in [0.1, 0.15) is 0 Å². The van der Waals surface area contributed by atoms with Gasteiger partial charge in [0.2, 0.25) is 5.95 Å². The molecule has 0 spiro atoms. The maximum Gasteiger partial charge on any atom is 0.225 e. The highest BCUT2D eigenvalue weighted by atomic mass is 16.3. The molecule has 0 bridgehead atoms. The van der Waals surface area contributed by atoms with Crippen LogP contribution >= 0.6 is 0 Å². The molecular weight excluding hydrogens is 278 g/mol. The van der Waals surface area contributed by atoms with Crippen LogP contribution in [0.25, 0.3) is 0 Å². The topological polar surface area (TPSA) is 66.3 Å². The minimum absolute atomic E-state index is 0.00693. The molecule has 0 aliphatic carbocycles. The molecule has 1 aliphatic heterocycles. The van der Waals surface area contributed by atoms with Crippen molar-refractivity contribution in [3.05, 3.63) is 54.4 Å². The SMILES string of the molecule is O=C(CC1(O)CCN(c2ncccn2)CC1)c1ccccc1. The highest BCUT2D eigenvalue weighted by Gasteiger charge is 2.35. The fourth-order valence-corrected chi connectivity index (χ4v) is 2.78. The van der Waals surface area contributed by atoms with Gasteiger partial charge in [-0.3, -0.25) is 4.79 Å². The summed E-state index contributed by atoms with van der Waals surface area (Å²) in [6.45, 7) is 1.31. The normalized spacial score (nSPS) is 17.2. The van der Waals surface area contributed by atoms with Crippen molar-refractivity contribution in [2.75, 3.05) is 18.0 Å². The lowest BCUT2D eigenvalue weighted by molar-refractivity contribution is 0.0107. The van der Waals surface area contributed by atoms with Gasteiger partial charge in [-0.25, -0.2) is 9.97 Å². The first-order valence-electron chi connectivity index (χ1n) is 7.49. The number of ketones is 1. The number of rotatable bonds is 4. The van der Waals surface area contributed by atoms with Gasteiger partial charge < -0.3 is 10.0 Å². The van der Waals surface area contributed by atoms with E-state index in [1.165, 1.54) is 0 Å². The molecule has 0 unspecified atom stereocenters. The number of benzene rings is 1. The lowest BCUT2D eigenvalue weighted by atomic mass is 9.85. The van der Waals surface area contributed by atoms with E-state index in [4.69, 9.17) is 0 Å². The van der Waals surface area contributed by atoms with Crippen LogP contribution in [-0.2, 0) is 0 Å². The van der Waals surface area contributed by atoms with Crippen LogP contribution in [0.5, 0.6) is 0 Å². The third-order valence-corrected chi connectivity index (χ3v) is 4.11. The fourth-order valence-electron chi connectivity index (χ4n) is 2.78. The third-order valence-electron chi connectivity index (χ3n) is 4.11. The smallest absolute Gasteiger partial charge is 0.225 e. The first kappa shape index (κ1) is 14.7. The second kappa shape index (κ2) is 6.23. The molecule has 3 rings (SSSR count). The van der Waals surface area contributed by atoms with Crippen molar-refractivity contribution in [2.24, 2.45) is 0 Å². The Hall–Kier alpha value is -2.27. The van der Waals surface area contributed by atoms with Crippen molar-refractivity contribution in [1.82, 2.24) is 9.97 Å². The zero-order chi connectivity index (χ0) is 15.4. The summed E-state index contributed by atoms with van der Waals surface area (Å²) in [7, 11) is 0. The van der Waals surface area contributed by atoms with E-state index in [9.17, 15) is 9.90 Å². The minimum Gasteiger partial charge on any atom is -0.389 e. The molecule has 0 radical (unpaired) electrons. The van der Waals surface area contributed by atoms with Crippen LogP contribution in [0.3, 0.4) is 0 Å². The average molecular weight is 297 g/mol. The van der Waals surface area contributed by atoms with E-state index in [2.05, 4.69) is 9.97 Å². The molecule has 0 saturated carbocycles. The number of carbonyl (C=O) groups excluding carboxylic acids is 1. The largest absolute Gasteiger partial charge is 0.389 e. The third kappa shape index (κ3) is 3.31. The first-order valence-corrected chi connectivity index (χ1v) is 7.49. The quantitative estimate of drug-likeness (QED) is 0.875. The van der Waals surface area contributed by atoms with Crippen molar-refractivity contribution in [1.29, 1.82) is 0 Å². The van der Waals surface area contributed by atoms with E-state index in [-0.39, 0.29) is 12.2 Å². The maximum absolute atomic E-state index is 12.3. The molecule has 5 heteroatoms. The van der Waals surface area contributed by atoms with E-state index in [0.29, 0.717) is 37.4 Å². The van der Waals surface area contributed by atoms with Crippen LogP contribution in [0.15, 0.2) is 48.8 Å². The summed E-state index contributed by atoms with van der Waals surface area (Å²) in [4.78, 5) is 22.8. The van der Waals surface area contributed by atoms with E-state index in [1.807, 2.05) is 23.1 Å². The minimum atomic E-state index is -0.932. The monoisotopic (exact) mass is 297 g/mol. The fraction of sp³-hybridized carbons (Fsp3) is 0.353. The van der Waals surface area contributed by atoms with E-state index in [1.54, 1.807) is 30.6 Å². The Bertz CT molecular complexity index is 623. The van der Waals surface area contributed by atoms with Gasteiger partial charge >= 0.3 is 0 Å². The Morgan fingerprint density at radius 2 is 1.73 bits per heavy atom. The van der Waals surface area contributed by atoms with Crippen LogP contribution in [0.4, 0.5) is 5.95 Å². The predicted octanol–water partition coefficient (Wildman–Crippen LogP) is 2.08. The lowest BCUT2D eigenvalue weighted by Crippen LogP contribution is -2.46. The van der Waals surface area contributed by atoms with Gasteiger partial charge in [-0.1, -0.05) is 30.3 Å². The van der Waals surface area contributed by atoms with E-state index >= 15 is 0 Å². The van der Waals surface area contributed by atoms with Crippen LogP contribution in [-0.4, -0.2) is 39.5 Å². The number of piperidine rings is 1. The molecule has 0 atom stereocenters. The summed E-state index contributed by atoms with van der Waals surface area (Å²) >= 11 is 0. The zero-order valence-electron chi connectivity index (χ0n) is 12.4. The molecule has 5 nitrogen and oxygen atoms in total. The summed E-state index contributed by atoms with van der Waals surface area (Å²) in [5.74, 6) is 0.673. The molecule has 2 heterocycles. The number of carbonyl (C=O) groups is 1. The number of aliphatic hydroxyl groups is 1. The van der Waals surface area contributed by atoms with Crippen LogP contribution in [0.2, 0.25) is 0 Å². The van der Waals surface area contributed by atoms with Gasteiger partial charge in [0.05, 0.1) is 5.60 Å². The molecular formula is C17H19N3O2. The van der Waals surface area contributed by atoms with E-state index < -0.39 is 5.60 Å². The predicted molar refractivity (Wildman–Crippen MR) is 83.8 cm³/mol. The molecule has 1 aromatic carbocycles. The molecule has 0 amide bonds. The lowest BCUT2D eigenvalue weighted by Gasteiger charge is -2.37. The molecule has 1 N–H and O–H groups in total. The summed E-state index contributed by atoms with van der Waals surface area (Å²) in [5.41, 5.74) is -0.275. The van der Waals surface area contributed by atoms with E-state index in [0.717, 1.165) is 0 Å². The summed E-state index contributed by atoms with van der Waals surface area (Å²) < 4.78 is 0. The maximum atomic E-state index is 12.3. The van der Waals surface area contributed by atoms with Gasteiger partial charge in [0, 0.05) is 37.5 Å². The Balaban J connectivity index is 1.61. The van der Waals surface area contributed by atoms with Crippen LogP contribution in [0.1, 0.15) is 29.6 Å². The number of nitrogens with zero attached hydrogens (tertiary/aromatic N) is 3. The standard InChI is InChI=1S/C17H19N3O2/c21-15(14-5-2-1-3-6-14)13-17(22)7-11-20(12-8-17)16-18-9-4-10-19-16/h1-6,9-10,22H,7-8,11-13H2. The van der Waals surface area contributed by atoms with Crippen LogP contribution < -0.4 is 4.90 Å². The molecule has 1 fully saturated rings. The second-order valence-electron chi connectivity index (χ2n) is 5.73. The second-order valence-corrected chi connectivity index (χ2v) is 5.73. The van der Waals surface area contributed by atoms with Gasteiger partial charge in [0.25, 0.3) is 0 Å². The summed E-state index contributed by atoms with van der Waals surface area (Å²) in [5, 5.41) is 10.7. The Kier molecular flexibility index (Phi) is 4.15. The molecule has 1 saturated heterocycles. The van der Waals surface area contributed by atoms with Crippen molar-refractivity contribution in [2.45, 2.75) is 24.9 Å². The average Bonchev–Trinajstić information content (AvgIpc) is 2.57. The first-order chi connectivity index (χ1) is 10.7. The number of hydrogen-bond acceptors (Lipinski definition) is 5. The van der Waals surface area contributed by atoms with Crippen molar-refractivity contribution in [3.8, 4) is 0 Å².